The van der Waals surface area contributed by atoms with Crippen molar-refractivity contribution in [3.05, 3.63) is 36.0 Å². The van der Waals surface area contributed by atoms with Crippen molar-refractivity contribution < 1.29 is 8.42 Å². The van der Waals surface area contributed by atoms with E-state index < -0.39 is 9.84 Å². The number of hydrogen-bond donors (Lipinski definition) is 1. The first-order chi connectivity index (χ1) is 8.57. The maximum absolute atomic E-state index is 11.5. The lowest BCUT2D eigenvalue weighted by Crippen LogP contribution is -2.14. The molecule has 2 rings (SSSR count). The van der Waals surface area contributed by atoms with Crippen molar-refractivity contribution in [2.75, 3.05) is 11.5 Å². The van der Waals surface area contributed by atoms with E-state index in [0.29, 0.717) is 13.1 Å². The van der Waals surface area contributed by atoms with Crippen molar-refractivity contribution in [1.29, 1.82) is 0 Å². The van der Waals surface area contributed by atoms with Crippen LogP contribution >= 0.6 is 0 Å². The summed E-state index contributed by atoms with van der Waals surface area (Å²) in [6.45, 7) is 2.66. The highest BCUT2D eigenvalue weighted by Crippen LogP contribution is 2.20. The van der Waals surface area contributed by atoms with Gasteiger partial charge in [-0.3, -0.25) is 0 Å². The van der Waals surface area contributed by atoms with Crippen LogP contribution in [0.2, 0.25) is 0 Å². The fourth-order valence-electron chi connectivity index (χ4n) is 2.04. The molecular formula is C13H18N2O2S. The average molecular weight is 266 g/mol. The molecule has 0 atom stereocenters. The standard InChI is InChI=1S/C13H18N2O2S/c1-2-18(16,17)9-8-15-7-6-12-11(10-14)4-3-5-13(12)15/h3-7H,2,8-10,14H2,1H3. The molecule has 4 nitrogen and oxygen atoms in total. The topological polar surface area (TPSA) is 65.1 Å². The van der Waals surface area contributed by atoms with E-state index in [1.807, 2.05) is 35.0 Å². The first kappa shape index (κ1) is 13.1. The fourth-order valence-corrected chi connectivity index (χ4v) is 2.81. The second-order valence-electron chi connectivity index (χ2n) is 4.30. The fraction of sp³-hybridized carbons (Fsp3) is 0.385. The minimum Gasteiger partial charge on any atom is -0.346 e. The van der Waals surface area contributed by atoms with E-state index in [1.54, 1.807) is 6.92 Å². The van der Waals surface area contributed by atoms with Gasteiger partial charge in [-0.25, -0.2) is 8.42 Å². The molecule has 98 valence electrons. The summed E-state index contributed by atoms with van der Waals surface area (Å²) in [7, 11) is -2.93. The molecule has 0 aliphatic rings. The van der Waals surface area contributed by atoms with E-state index in [-0.39, 0.29) is 11.5 Å². The molecule has 1 aromatic carbocycles. The van der Waals surface area contributed by atoms with Gasteiger partial charge in [0.1, 0.15) is 0 Å². The summed E-state index contributed by atoms with van der Waals surface area (Å²) in [6.07, 6.45) is 1.93. The smallest absolute Gasteiger partial charge is 0.151 e. The molecule has 0 fully saturated rings. The quantitative estimate of drug-likeness (QED) is 0.892. The molecule has 2 aromatic rings. The number of nitrogens with two attached hydrogens (primary N) is 1. The summed E-state index contributed by atoms with van der Waals surface area (Å²) in [6, 6.07) is 7.94. The van der Waals surface area contributed by atoms with Crippen molar-refractivity contribution in [1.82, 2.24) is 4.57 Å². The van der Waals surface area contributed by atoms with Gasteiger partial charge in [-0.05, 0) is 17.7 Å². The Hall–Kier alpha value is -1.33. The molecule has 1 aromatic heterocycles. The zero-order valence-electron chi connectivity index (χ0n) is 10.5. The van der Waals surface area contributed by atoms with E-state index in [0.717, 1.165) is 16.5 Å². The van der Waals surface area contributed by atoms with Gasteiger partial charge in [-0.1, -0.05) is 19.1 Å². The second-order valence-corrected chi connectivity index (χ2v) is 6.77. The van der Waals surface area contributed by atoms with Crippen LogP contribution in [0.1, 0.15) is 12.5 Å². The van der Waals surface area contributed by atoms with Gasteiger partial charge in [0.05, 0.1) is 5.75 Å². The molecule has 0 amide bonds. The first-order valence-electron chi connectivity index (χ1n) is 6.04. The van der Waals surface area contributed by atoms with E-state index in [4.69, 9.17) is 5.73 Å². The van der Waals surface area contributed by atoms with Crippen molar-refractivity contribution >= 4 is 20.7 Å². The molecule has 0 unspecified atom stereocenters. The van der Waals surface area contributed by atoms with Crippen LogP contribution < -0.4 is 5.73 Å². The second kappa shape index (κ2) is 5.12. The van der Waals surface area contributed by atoms with Crippen molar-refractivity contribution in [2.24, 2.45) is 5.73 Å². The predicted octanol–water partition coefficient (Wildman–Crippen LogP) is 1.53. The van der Waals surface area contributed by atoms with Crippen molar-refractivity contribution in [3.63, 3.8) is 0 Å². The van der Waals surface area contributed by atoms with Crippen LogP contribution in [-0.2, 0) is 22.9 Å². The maximum atomic E-state index is 11.5. The summed E-state index contributed by atoms with van der Waals surface area (Å²) >= 11 is 0. The SMILES string of the molecule is CCS(=O)(=O)CCn1ccc2c(CN)cccc21. The third kappa shape index (κ3) is 2.57. The van der Waals surface area contributed by atoms with Crippen LogP contribution in [0.3, 0.4) is 0 Å². The van der Waals surface area contributed by atoms with E-state index in [9.17, 15) is 8.42 Å². The summed E-state index contributed by atoms with van der Waals surface area (Å²) in [5, 5.41) is 1.11. The number of fused-ring (bicyclic) bond motifs is 1. The third-order valence-electron chi connectivity index (χ3n) is 3.21. The van der Waals surface area contributed by atoms with Crippen LogP contribution in [0.4, 0.5) is 0 Å². The Balaban J connectivity index is 2.30. The molecule has 0 aliphatic heterocycles. The molecule has 18 heavy (non-hydrogen) atoms. The zero-order chi connectivity index (χ0) is 13.2. The van der Waals surface area contributed by atoms with Crippen LogP contribution in [0.25, 0.3) is 10.9 Å². The molecule has 0 saturated carbocycles. The van der Waals surface area contributed by atoms with Crippen molar-refractivity contribution in [2.45, 2.75) is 20.0 Å². The predicted molar refractivity (Wildman–Crippen MR) is 74.2 cm³/mol. The van der Waals surface area contributed by atoms with Crippen LogP contribution in [0.15, 0.2) is 30.5 Å². The number of nitrogens with zero attached hydrogens (tertiary/aromatic N) is 1. The highest BCUT2D eigenvalue weighted by atomic mass is 32.2. The summed E-state index contributed by atoms with van der Waals surface area (Å²) in [5.74, 6) is 0.375. The van der Waals surface area contributed by atoms with E-state index in [2.05, 4.69) is 0 Å². The first-order valence-corrected chi connectivity index (χ1v) is 7.87. The number of sulfone groups is 1. The molecule has 2 N–H and O–H groups in total. The van der Waals surface area contributed by atoms with Gasteiger partial charge in [0.25, 0.3) is 0 Å². The Labute approximate surface area is 107 Å². The number of benzene rings is 1. The van der Waals surface area contributed by atoms with Gasteiger partial charge < -0.3 is 10.3 Å². The number of aryl methyl sites for hydroxylation is 1. The van der Waals surface area contributed by atoms with E-state index in [1.165, 1.54) is 0 Å². The number of hydrogen-bond acceptors (Lipinski definition) is 3. The molecular weight excluding hydrogens is 248 g/mol. The summed E-state index contributed by atoms with van der Waals surface area (Å²) < 4.78 is 25.0. The van der Waals surface area contributed by atoms with Gasteiger partial charge in [0, 0.05) is 35.9 Å². The molecule has 0 spiro atoms. The Morgan fingerprint density at radius 3 is 2.72 bits per heavy atom. The third-order valence-corrected chi connectivity index (χ3v) is 4.89. The van der Waals surface area contributed by atoms with Gasteiger partial charge in [-0.2, -0.15) is 0 Å². The molecule has 5 heteroatoms. The average Bonchev–Trinajstić information content (AvgIpc) is 2.79. The highest BCUT2D eigenvalue weighted by Gasteiger charge is 2.09. The Morgan fingerprint density at radius 2 is 2.06 bits per heavy atom. The number of aromatic nitrogens is 1. The maximum Gasteiger partial charge on any atom is 0.151 e. The monoisotopic (exact) mass is 266 g/mol. The lowest BCUT2D eigenvalue weighted by Gasteiger charge is -2.06. The Morgan fingerprint density at radius 1 is 1.28 bits per heavy atom. The van der Waals surface area contributed by atoms with Gasteiger partial charge in [-0.15, -0.1) is 0 Å². The minimum atomic E-state index is -2.93. The number of rotatable bonds is 5. The van der Waals surface area contributed by atoms with Gasteiger partial charge in [0.2, 0.25) is 0 Å². The minimum absolute atomic E-state index is 0.181. The lowest BCUT2D eigenvalue weighted by molar-refractivity contribution is 0.591. The molecule has 0 aliphatic carbocycles. The van der Waals surface area contributed by atoms with Gasteiger partial charge >= 0.3 is 0 Å². The summed E-state index contributed by atoms with van der Waals surface area (Å²) in [4.78, 5) is 0. The van der Waals surface area contributed by atoms with Crippen LogP contribution in [0, 0.1) is 0 Å². The zero-order valence-corrected chi connectivity index (χ0v) is 11.3. The summed E-state index contributed by atoms with van der Waals surface area (Å²) in [5.41, 5.74) is 7.82. The van der Waals surface area contributed by atoms with Gasteiger partial charge in [0.15, 0.2) is 9.84 Å². The molecule has 0 saturated heterocycles. The molecule has 0 bridgehead atoms. The largest absolute Gasteiger partial charge is 0.346 e. The van der Waals surface area contributed by atoms with E-state index >= 15 is 0 Å². The normalized spacial score (nSPS) is 12.1. The van der Waals surface area contributed by atoms with Crippen LogP contribution in [0.5, 0.6) is 0 Å². The molecule has 0 radical (unpaired) electrons. The lowest BCUT2D eigenvalue weighted by atomic mass is 10.1. The molecule has 1 heterocycles. The van der Waals surface area contributed by atoms with Crippen LogP contribution in [-0.4, -0.2) is 24.5 Å². The highest BCUT2D eigenvalue weighted by molar-refractivity contribution is 7.91. The Kier molecular flexibility index (Phi) is 3.73. The van der Waals surface area contributed by atoms with Crippen molar-refractivity contribution in [3.8, 4) is 0 Å². The Bertz CT molecular complexity index is 644.